The number of aliphatic hydroxyl groups is 2. The van der Waals surface area contributed by atoms with Crippen LogP contribution in [0.25, 0.3) is 11.1 Å². The van der Waals surface area contributed by atoms with Gasteiger partial charge in [-0.1, -0.05) is 35.3 Å². The van der Waals surface area contributed by atoms with Crippen LogP contribution in [0.3, 0.4) is 0 Å². The molecule has 0 atom stereocenters. The second-order valence-electron chi connectivity index (χ2n) is 9.20. The molecule has 3 aromatic rings. The van der Waals surface area contributed by atoms with Crippen LogP contribution in [0.15, 0.2) is 48.8 Å². The van der Waals surface area contributed by atoms with E-state index in [1.165, 1.54) is 0 Å². The fourth-order valence-corrected chi connectivity index (χ4v) is 4.71. The molecular formula is C25H28Cl2N4O3. The molecule has 0 saturated heterocycles. The lowest BCUT2D eigenvalue weighted by Gasteiger charge is -2.33. The normalized spacial score (nSPS) is 15.4. The lowest BCUT2D eigenvalue weighted by molar-refractivity contribution is 0.0144. The summed E-state index contributed by atoms with van der Waals surface area (Å²) in [7, 11) is 0. The van der Waals surface area contributed by atoms with Crippen molar-refractivity contribution in [2.24, 2.45) is 5.41 Å². The minimum absolute atomic E-state index is 0.194. The van der Waals surface area contributed by atoms with Crippen molar-refractivity contribution in [1.29, 1.82) is 0 Å². The summed E-state index contributed by atoms with van der Waals surface area (Å²) in [5, 5.41) is 24.8. The smallest absolute Gasteiger partial charge is 0.270 e. The summed E-state index contributed by atoms with van der Waals surface area (Å²) >= 11 is 12.6. The Morgan fingerprint density at radius 3 is 2.59 bits per heavy atom. The molecule has 2 aromatic heterocycles. The van der Waals surface area contributed by atoms with Crippen molar-refractivity contribution in [2.75, 3.05) is 25.1 Å². The first-order valence-corrected chi connectivity index (χ1v) is 11.9. The van der Waals surface area contributed by atoms with Gasteiger partial charge in [0.1, 0.15) is 11.5 Å². The molecule has 1 aromatic carbocycles. The van der Waals surface area contributed by atoms with E-state index in [9.17, 15) is 15.0 Å². The average molecular weight is 503 g/mol. The Balaban J connectivity index is 1.75. The molecule has 0 bridgehead atoms. The SMILES string of the molecule is CC(C)Nc1cc(-c2cc3n(c2)CC(CO)(CO)CN(Cc2cccc(Cl)c2)C3=O)c(Cl)cn1. The first-order valence-electron chi connectivity index (χ1n) is 11.1. The Bertz CT molecular complexity index is 1190. The van der Waals surface area contributed by atoms with Gasteiger partial charge in [0.15, 0.2) is 0 Å². The molecule has 9 heteroatoms. The molecule has 3 heterocycles. The maximum atomic E-state index is 13.6. The van der Waals surface area contributed by atoms with Gasteiger partial charge in [-0.2, -0.15) is 0 Å². The highest BCUT2D eigenvalue weighted by Gasteiger charge is 2.39. The summed E-state index contributed by atoms with van der Waals surface area (Å²) in [4.78, 5) is 19.6. The molecule has 0 spiro atoms. The van der Waals surface area contributed by atoms with E-state index in [0.29, 0.717) is 28.1 Å². The van der Waals surface area contributed by atoms with Crippen LogP contribution in [-0.2, 0) is 13.1 Å². The van der Waals surface area contributed by atoms with E-state index >= 15 is 0 Å². The molecule has 34 heavy (non-hydrogen) atoms. The Hall–Kier alpha value is -2.58. The topological polar surface area (TPSA) is 90.6 Å². The largest absolute Gasteiger partial charge is 0.396 e. The highest BCUT2D eigenvalue weighted by Crippen LogP contribution is 2.35. The quantitative estimate of drug-likeness (QED) is 0.447. The summed E-state index contributed by atoms with van der Waals surface area (Å²) in [5.41, 5.74) is 1.94. The number of benzene rings is 1. The number of fused-ring (bicyclic) bond motifs is 1. The zero-order chi connectivity index (χ0) is 24.5. The predicted octanol–water partition coefficient (Wildman–Crippen LogP) is 4.30. The van der Waals surface area contributed by atoms with E-state index in [4.69, 9.17) is 23.2 Å². The Morgan fingerprint density at radius 1 is 1.15 bits per heavy atom. The third-order valence-corrected chi connectivity index (χ3v) is 6.51. The van der Waals surface area contributed by atoms with Crippen LogP contribution in [-0.4, -0.2) is 56.4 Å². The van der Waals surface area contributed by atoms with Crippen molar-refractivity contribution >= 4 is 34.9 Å². The van der Waals surface area contributed by atoms with E-state index in [2.05, 4.69) is 10.3 Å². The van der Waals surface area contributed by atoms with Gasteiger partial charge in [-0.05, 0) is 43.7 Å². The monoisotopic (exact) mass is 502 g/mol. The molecule has 0 saturated carbocycles. The number of anilines is 1. The minimum Gasteiger partial charge on any atom is -0.396 e. The van der Waals surface area contributed by atoms with Crippen molar-refractivity contribution < 1.29 is 15.0 Å². The van der Waals surface area contributed by atoms with Crippen molar-refractivity contribution in [1.82, 2.24) is 14.5 Å². The van der Waals surface area contributed by atoms with Gasteiger partial charge in [-0.3, -0.25) is 4.79 Å². The number of aromatic nitrogens is 2. The van der Waals surface area contributed by atoms with Gasteiger partial charge in [0.2, 0.25) is 0 Å². The van der Waals surface area contributed by atoms with Crippen LogP contribution >= 0.6 is 23.2 Å². The predicted molar refractivity (Wildman–Crippen MR) is 134 cm³/mol. The average Bonchev–Trinajstić information content (AvgIpc) is 3.17. The number of carbonyl (C=O) groups is 1. The molecular weight excluding hydrogens is 475 g/mol. The summed E-state index contributed by atoms with van der Waals surface area (Å²) in [6.45, 7) is 4.30. The first-order chi connectivity index (χ1) is 16.2. The Kier molecular flexibility index (Phi) is 7.19. The maximum absolute atomic E-state index is 13.6. The van der Waals surface area contributed by atoms with Crippen LogP contribution in [0.4, 0.5) is 5.82 Å². The summed E-state index contributed by atoms with van der Waals surface area (Å²) in [6, 6.07) is 11.2. The first kappa shape index (κ1) is 24.5. The van der Waals surface area contributed by atoms with E-state index in [1.807, 2.05) is 44.3 Å². The molecule has 3 N–H and O–H groups in total. The van der Waals surface area contributed by atoms with Crippen LogP contribution in [0, 0.1) is 5.41 Å². The van der Waals surface area contributed by atoms with Crippen LogP contribution in [0.2, 0.25) is 10.0 Å². The summed E-state index contributed by atoms with van der Waals surface area (Å²) < 4.78 is 1.80. The second kappa shape index (κ2) is 9.96. The maximum Gasteiger partial charge on any atom is 0.270 e. The number of aliphatic hydroxyl groups excluding tert-OH is 2. The Labute approximate surface area is 208 Å². The number of pyridine rings is 1. The standard InChI is InChI=1S/C25H28Cl2N4O3/c1-16(2)29-23-8-20(21(27)9-28-23)18-7-22-24(34)31(10-17-4-3-5-19(26)6-17)13-25(14-32,15-33)12-30(22)11-18/h3-9,11,16,32-33H,10,12-15H2,1-2H3,(H,28,29). The lowest BCUT2D eigenvalue weighted by Crippen LogP contribution is -2.44. The molecule has 7 nitrogen and oxygen atoms in total. The molecule has 1 aliphatic heterocycles. The molecule has 0 unspecified atom stereocenters. The minimum atomic E-state index is -0.901. The number of hydrogen-bond acceptors (Lipinski definition) is 5. The summed E-state index contributed by atoms with van der Waals surface area (Å²) in [6.07, 6.45) is 3.43. The third-order valence-electron chi connectivity index (χ3n) is 5.97. The number of nitrogens with one attached hydrogen (secondary N) is 1. The molecule has 0 radical (unpaired) electrons. The second-order valence-corrected chi connectivity index (χ2v) is 10.0. The highest BCUT2D eigenvalue weighted by atomic mass is 35.5. The van der Waals surface area contributed by atoms with Crippen molar-refractivity contribution in [3.63, 3.8) is 0 Å². The molecule has 0 fully saturated rings. The zero-order valence-corrected chi connectivity index (χ0v) is 20.6. The van der Waals surface area contributed by atoms with Gasteiger partial charge < -0.3 is 25.0 Å². The molecule has 1 aliphatic rings. The van der Waals surface area contributed by atoms with Crippen LogP contribution < -0.4 is 5.32 Å². The third kappa shape index (κ3) is 5.08. The van der Waals surface area contributed by atoms with Crippen molar-refractivity contribution in [3.05, 3.63) is 70.1 Å². The molecule has 180 valence electrons. The van der Waals surface area contributed by atoms with Crippen LogP contribution in [0.1, 0.15) is 29.9 Å². The van der Waals surface area contributed by atoms with Gasteiger partial charge in [0.05, 0.1) is 23.7 Å². The van der Waals surface area contributed by atoms with Gasteiger partial charge in [-0.25, -0.2) is 4.98 Å². The molecule has 0 aliphatic carbocycles. The van der Waals surface area contributed by atoms with E-state index in [-0.39, 0.29) is 38.3 Å². The fraction of sp³-hybridized carbons (Fsp3) is 0.360. The number of halogens is 2. The van der Waals surface area contributed by atoms with Crippen LogP contribution in [0.5, 0.6) is 0 Å². The molecule has 4 rings (SSSR count). The number of hydrogen-bond donors (Lipinski definition) is 3. The number of amides is 1. The summed E-state index contributed by atoms with van der Waals surface area (Å²) in [5.74, 6) is 0.491. The van der Waals surface area contributed by atoms with E-state index < -0.39 is 5.41 Å². The fourth-order valence-electron chi connectivity index (χ4n) is 4.29. The zero-order valence-electron chi connectivity index (χ0n) is 19.1. The van der Waals surface area contributed by atoms with Crippen molar-refractivity contribution in [3.8, 4) is 11.1 Å². The van der Waals surface area contributed by atoms with Gasteiger partial charge in [-0.15, -0.1) is 0 Å². The van der Waals surface area contributed by atoms with Crippen molar-refractivity contribution in [2.45, 2.75) is 33.0 Å². The Morgan fingerprint density at radius 2 is 1.91 bits per heavy atom. The number of nitrogens with zero attached hydrogens (tertiary/aromatic N) is 3. The van der Waals surface area contributed by atoms with E-state index in [1.54, 1.807) is 27.8 Å². The van der Waals surface area contributed by atoms with E-state index in [0.717, 1.165) is 16.7 Å². The number of carbonyl (C=O) groups excluding carboxylic acids is 1. The lowest BCUT2D eigenvalue weighted by atomic mass is 9.89. The van der Waals surface area contributed by atoms with Gasteiger partial charge >= 0.3 is 0 Å². The number of rotatable bonds is 7. The van der Waals surface area contributed by atoms with Gasteiger partial charge in [0, 0.05) is 54.2 Å². The molecule has 1 amide bonds. The highest BCUT2D eigenvalue weighted by molar-refractivity contribution is 6.33. The van der Waals surface area contributed by atoms with Gasteiger partial charge in [0.25, 0.3) is 5.91 Å².